The van der Waals surface area contributed by atoms with Gasteiger partial charge in [-0.3, -0.25) is 9.59 Å². The molecule has 2 aromatic rings. The quantitative estimate of drug-likeness (QED) is 0.714. The number of nitrogens with one attached hydrogen (secondary N) is 2. The maximum absolute atomic E-state index is 12.0. The summed E-state index contributed by atoms with van der Waals surface area (Å²) < 4.78 is 0. The molecule has 0 saturated heterocycles. The van der Waals surface area contributed by atoms with Crippen LogP contribution in [-0.4, -0.2) is 25.4 Å². The number of anilines is 1. The Morgan fingerprint density at radius 3 is 2.42 bits per heavy atom. The van der Waals surface area contributed by atoms with E-state index in [0.29, 0.717) is 11.3 Å². The molecule has 0 aromatic heterocycles. The van der Waals surface area contributed by atoms with Crippen molar-refractivity contribution in [3.05, 3.63) is 42.0 Å². The van der Waals surface area contributed by atoms with E-state index in [4.69, 9.17) is 5.73 Å². The average Bonchev–Trinajstić information content (AvgIpc) is 2.43. The van der Waals surface area contributed by atoms with Gasteiger partial charge in [-0.15, -0.1) is 0 Å². The van der Waals surface area contributed by atoms with Crippen LogP contribution in [0.2, 0.25) is 0 Å². The topological polar surface area (TPSA) is 84.2 Å². The van der Waals surface area contributed by atoms with Gasteiger partial charge in [0.2, 0.25) is 5.91 Å². The third-order valence-electron chi connectivity index (χ3n) is 2.85. The van der Waals surface area contributed by atoms with Crippen LogP contribution in [0.25, 0.3) is 10.8 Å². The van der Waals surface area contributed by atoms with Crippen molar-refractivity contribution in [2.45, 2.75) is 0 Å². The summed E-state index contributed by atoms with van der Waals surface area (Å²) in [5.41, 5.74) is 6.64. The van der Waals surface area contributed by atoms with E-state index < -0.39 is 0 Å². The minimum absolute atomic E-state index is 0.0679. The van der Waals surface area contributed by atoms with Crippen molar-refractivity contribution in [2.75, 3.05) is 19.3 Å². The molecule has 0 saturated carbocycles. The molecule has 0 aliphatic carbocycles. The lowest BCUT2D eigenvalue weighted by Crippen LogP contribution is -2.35. The molecular formula is C14H15N3O2. The smallest absolute Gasteiger partial charge is 0.253 e. The van der Waals surface area contributed by atoms with Gasteiger partial charge in [0.1, 0.15) is 0 Å². The fourth-order valence-electron chi connectivity index (χ4n) is 1.80. The van der Waals surface area contributed by atoms with Crippen LogP contribution in [0.1, 0.15) is 10.4 Å². The largest absolute Gasteiger partial charge is 0.398 e. The Labute approximate surface area is 110 Å². The van der Waals surface area contributed by atoms with Crippen LogP contribution < -0.4 is 16.4 Å². The van der Waals surface area contributed by atoms with Gasteiger partial charge in [-0.05, 0) is 22.9 Å². The van der Waals surface area contributed by atoms with Gasteiger partial charge < -0.3 is 16.4 Å². The lowest BCUT2D eigenvalue weighted by Gasteiger charge is -2.08. The highest BCUT2D eigenvalue weighted by atomic mass is 16.2. The van der Waals surface area contributed by atoms with Crippen molar-refractivity contribution in [2.24, 2.45) is 0 Å². The van der Waals surface area contributed by atoms with Crippen molar-refractivity contribution in [3.63, 3.8) is 0 Å². The second-order valence-electron chi connectivity index (χ2n) is 4.14. The molecule has 0 fully saturated rings. The maximum Gasteiger partial charge on any atom is 0.253 e. The first kappa shape index (κ1) is 12.9. The Balaban J connectivity index is 2.26. The van der Waals surface area contributed by atoms with Crippen LogP contribution in [0.15, 0.2) is 36.4 Å². The van der Waals surface area contributed by atoms with Crippen LogP contribution in [0, 0.1) is 0 Å². The molecule has 2 rings (SSSR count). The van der Waals surface area contributed by atoms with Crippen LogP contribution in [0.4, 0.5) is 5.69 Å². The van der Waals surface area contributed by atoms with Gasteiger partial charge in [-0.1, -0.05) is 24.3 Å². The molecule has 0 bridgehead atoms. The van der Waals surface area contributed by atoms with Crippen molar-refractivity contribution in [1.82, 2.24) is 10.6 Å². The fraction of sp³-hybridized carbons (Fsp3) is 0.143. The summed E-state index contributed by atoms with van der Waals surface area (Å²) in [5, 5.41) is 6.86. The first-order chi connectivity index (χ1) is 9.11. The lowest BCUT2D eigenvalue weighted by atomic mass is 10.0. The van der Waals surface area contributed by atoms with E-state index in [1.165, 1.54) is 7.05 Å². The zero-order chi connectivity index (χ0) is 13.8. The van der Waals surface area contributed by atoms with Gasteiger partial charge >= 0.3 is 0 Å². The van der Waals surface area contributed by atoms with E-state index >= 15 is 0 Å². The number of hydrogen-bond acceptors (Lipinski definition) is 3. The lowest BCUT2D eigenvalue weighted by molar-refractivity contribution is -0.119. The SMILES string of the molecule is CNC(=O)CNC(=O)c1cc2ccccc2cc1N. The van der Waals surface area contributed by atoms with E-state index in [1.807, 2.05) is 24.3 Å². The molecule has 5 heteroatoms. The normalized spacial score (nSPS) is 10.2. The predicted molar refractivity (Wildman–Crippen MR) is 74.8 cm³/mol. The first-order valence-corrected chi connectivity index (χ1v) is 5.89. The molecule has 19 heavy (non-hydrogen) atoms. The number of benzene rings is 2. The summed E-state index contributed by atoms with van der Waals surface area (Å²) in [6.45, 7) is -0.0679. The van der Waals surface area contributed by atoms with Gasteiger partial charge in [-0.2, -0.15) is 0 Å². The molecule has 0 spiro atoms. The Morgan fingerprint density at radius 2 is 1.79 bits per heavy atom. The van der Waals surface area contributed by atoms with Gasteiger partial charge in [0.05, 0.1) is 12.1 Å². The second-order valence-corrected chi connectivity index (χ2v) is 4.14. The summed E-state index contributed by atoms with van der Waals surface area (Å²) >= 11 is 0. The van der Waals surface area contributed by atoms with Crippen LogP contribution in [0.5, 0.6) is 0 Å². The molecule has 0 heterocycles. The Bertz CT molecular complexity index is 638. The third-order valence-corrected chi connectivity index (χ3v) is 2.85. The summed E-state index contributed by atoms with van der Waals surface area (Å²) in [6, 6.07) is 11.1. The third kappa shape index (κ3) is 2.82. The monoisotopic (exact) mass is 257 g/mol. The molecule has 5 nitrogen and oxygen atoms in total. The summed E-state index contributed by atoms with van der Waals surface area (Å²) in [5.74, 6) is -0.612. The Hall–Kier alpha value is -2.56. The number of fused-ring (bicyclic) bond motifs is 1. The minimum atomic E-state index is -0.355. The number of nitrogens with two attached hydrogens (primary N) is 1. The molecule has 0 radical (unpaired) electrons. The molecule has 0 unspecified atom stereocenters. The van der Waals surface area contributed by atoms with Gasteiger partial charge in [0.25, 0.3) is 5.91 Å². The first-order valence-electron chi connectivity index (χ1n) is 5.89. The molecule has 0 aliphatic heterocycles. The summed E-state index contributed by atoms with van der Waals surface area (Å²) in [4.78, 5) is 23.0. The van der Waals surface area contributed by atoms with Gasteiger partial charge in [0, 0.05) is 12.7 Å². The minimum Gasteiger partial charge on any atom is -0.398 e. The van der Waals surface area contributed by atoms with E-state index in [-0.39, 0.29) is 18.4 Å². The number of nitrogen functional groups attached to an aromatic ring is 1. The highest BCUT2D eigenvalue weighted by Crippen LogP contribution is 2.21. The number of hydrogen-bond donors (Lipinski definition) is 3. The number of carbonyl (C=O) groups is 2. The Morgan fingerprint density at radius 1 is 1.16 bits per heavy atom. The maximum atomic E-state index is 12.0. The van der Waals surface area contributed by atoms with Gasteiger partial charge in [0.15, 0.2) is 0 Å². The van der Waals surface area contributed by atoms with Crippen molar-refractivity contribution < 1.29 is 9.59 Å². The second kappa shape index (κ2) is 5.39. The molecule has 0 aliphatic rings. The molecule has 4 N–H and O–H groups in total. The number of rotatable bonds is 3. The molecule has 2 aromatic carbocycles. The van der Waals surface area contributed by atoms with E-state index in [9.17, 15) is 9.59 Å². The average molecular weight is 257 g/mol. The Kier molecular flexibility index (Phi) is 3.66. The van der Waals surface area contributed by atoms with Gasteiger partial charge in [-0.25, -0.2) is 0 Å². The molecule has 2 amide bonds. The van der Waals surface area contributed by atoms with E-state index in [1.54, 1.807) is 12.1 Å². The van der Waals surface area contributed by atoms with Crippen LogP contribution in [0.3, 0.4) is 0 Å². The van der Waals surface area contributed by atoms with Crippen molar-refractivity contribution in [1.29, 1.82) is 0 Å². The van der Waals surface area contributed by atoms with E-state index in [2.05, 4.69) is 10.6 Å². The standard InChI is InChI=1S/C14H15N3O2/c1-16-13(18)8-17-14(19)11-6-9-4-2-3-5-10(9)7-12(11)15/h2-7H,8,15H2,1H3,(H,16,18)(H,17,19). The van der Waals surface area contributed by atoms with E-state index in [0.717, 1.165) is 10.8 Å². The number of likely N-dealkylation sites (N-methyl/N-ethyl adjacent to an activating group) is 1. The summed E-state index contributed by atoms with van der Waals surface area (Å²) in [7, 11) is 1.51. The summed E-state index contributed by atoms with van der Waals surface area (Å²) in [6.07, 6.45) is 0. The van der Waals surface area contributed by atoms with Crippen LogP contribution in [-0.2, 0) is 4.79 Å². The zero-order valence-electron chi connectivity index (χ0n) is 10.6. The van der Waals surface area contributed by atoms with Crippen molar-refractivity contribution >= 4 is 28.3 Å². The fourth-order valence-corrected chi connectivity index (χ4v) is 1.80. The van der Waals surface area contributed by atoms with Crippen LogP contribution >= 0.6 is 0 Å². The number of amides is 2. The molecule has 0 atom stereocenters. The zero-order valence-corrected chi connectivity index (χ0v) is 10.6. The predicted octanol–water partition coefficient (Wildman–Crippen LogP) is 0.898. The number of carbonyl (C=O) groups excluding carboxylic acids is 2. The highest BCUT2D eigenvalue weighted by Gasteiger charge is 2.11. The highest BCUT2D eigenvalue weighted by molar-refractivity contribution is 6.04. The molecule has 98 valence electrons. The van der Waals surface area contributed by atoms with Crippen molar-refractivity contribution in [3.8, 4) is 0 Å². The molecular weight excluding hydrogens is 242 g/mol.